The summed E-state index contributed by atoms with van der Waals surface area (Å²) in [5.74, 6) is 0.424. The number of hydrogen-bond donors (Lipinski definition) is 0. The maximum Gasteiger partial charge on any atom is 1.00 e. The van der Waals surface area contributed by atoms with Crippen molar-refractivity contribution in [1.29, 1.82) is 0 Å². The van der Waals surface area contributed by atoms with Gasteiger partial charge in [0.25, 0.3) is 0 Å². The summed E-state index contributed by atoms with van der Waals surface area (Å²) in [6, 6.07) is 18.2. The number of benzene rings is 2. The number of rotatable bonds is 4. The molecule has 0 N–H and O–H groups in total. The van der Waals surface area contributed by atoms with Crippen LogP contribution in [0.1, 0.15) is 19.4 Å². The molecule has 0 aliphatic rings. The molecule has 0 aliphatic heterocycles. The molecule has 98 valence electrons. The normalized spacial score (nSPS) is 9.50. The summed E-state index contributed by atoms with van der Waals surface area (Å²) in [7, 11) is 0. The van der Waals surface area contributed by atoms with Gasteiger partial charge in [-0.05, 0) is 16.7 Å². The maximum atomic E-state index is 11.3. The molecule has 0 amide bonds. The molecule has 0 aliphatic carbocycles. The van der Waals surface area contributed by atoms with E-state index in [1.165, 1.54) is 5.56 Å². The molecular weight excluding hydrogens is 243 g/mol. The second kappa shape index (κ2) is 7.84. The quantitative estimate of drug-likeness (QED) is 0.466. The van der Waals surface area contributed by atoms with Crippen LogP contribution in [0.5, 0.6) is 0 Å². The van der Waals surface area contributed by atoms with Crippen molar-refractivity contribution in [3.8, 4) is 11.1 Å². The Hall–Kier alpha value is -1.62. The fourth-order valence-electron chi connectivity index (χ4n) is 1.72. The molecule has 0 radical (unpaired) electrons. The van der Waals surface area contributed by atoms with Crippen LogP contribution >= 0.6 is 0 Å². The van der Waals surface area contributed by atoms with Crippen LogP contribution in [-0.2, 0) is 16.1 Å². The van der Waals surface area contributed by atoms with Crippen LogP contribution < -0.4 is 18.9 Å². The summed E-state index contributed by atoms with van der Waals surface area (Å²) >= 11 is 0. The molecule has 0 unspecified atom stereocenters. The van der Waals surface area contributed by atoms with Gasteiger partial charge in [0.15, 0.2) is 5.97 Å². The molecule has 0 heterocycles. The van der Waals surface area contributed by atoms with E-state index < -0.39 is 0 Å². The van der Waals surface area contributed by atoms with Crippen LogP contribution in [0.15, 0.2) is 54.6 Å². The van der Waals surface area contributed by atoms with Gasteiger partial charge in [0.2, 0.25) is 0 Å². The van der Waals surface area contributed by atoms with E-state index in [-0.39, 0.29) is 24.8 Å². The van der Waals surface area contributed by atoms with Crippen LogP contribution in [-0.4, -0.2) is 5.97 Å². The number of hydrogen-bond acceptors (Lipinski definition) is 2. The molecule has 2 aromatic rings. The van der Waals surface area contributed by atoms with Crippen LogP contribution in [0.2, 0.25) is 0 Å². The summed E-state index contributed by atoms with van der Waals surface area (Å²) in [6.45, 7) is 3.82. The van der Waals surface area contributed by atoms with Gasteiger partial charge in [-0.25, -0.2) is 0 Å². The first-order chi connectivity index (χ1) is 9.16. The number of esters is 1. The molecule has 2 aromatic carbocycles. The minimum absolute atomic E-state index is 0. The fourth-order valence-corrected chi connectivity index (χ4v) is 1.72. The average Bonchev–Trinajstić information content (AvgIpc) is 2.46. The SMILES string of the molecule is C[C-](C)C(=O)OCc1ccc(-c2ccccc2)cc1.[Li+]. The van der Waals surface area contributed by atoms with Gasteiger partial charge < -0.3 is 4.74 Å². The van der Waals surface area contributed by atoms with E-state index >= 15 is 0 Å². The topological polar surface area (TPSA) is 26.3 Å². The zero-order valence-corrected chi connectivity index (χ0v) is 12.2. The Morgan fingerprint density at radius 2 is 1.50 bits per heavy atom. The van der Waals surface area contributed by atoms with Crippen molar-refractivity contribution in [2.75, 3.05) is 0 Å². The molecule has 2 rings (SSSR count). The standard InChI is InChI=1S/C17H17O2.Li/c1-13(2)17(18)19-12-14-8-10-16(11-9-14)15-6-4-3-5-7-15;/h3-11H,12H2,1-2H3;/q-1;+1. The Balaban J connectivity index is 0.00000200. The first kappa shape index (κ1) is 16.4. The van der Waals surface area contributed by atoms with Crippen molar-refractivity contribution in [1.82, 2.24) is 0 Å². The van der Waals surface area contributed by atoms with Crippen molar-refractivity contribution in [2.45, 2.75) is 20.5 Å². The second-order valence-corrected chi connectivity index (χ2v) is 4.64. The van der Waals surface area contributed by atoms with Gasteiger partial charge in [0, 0.05) is 0 Å². The molecule has 0 fully saturated rings. The predicted molar refractivity (Wildman–Crippen MR) is 76.3 cm³/mol. The molecule has 2 nitrogen and oxygen atoms in total. The van der Waals surface area contributed by atoms with E-state index in [1.54, 1.807) is 13.8 Å². The zero-order chi connectivity index (χ0) is 13.7. The van der Waals surface area contributed by atoms with E-state index in [9.17, 15) is 4.79 Å². The molecule has 0 saturated heterocycles. The van der Waals surface area contributed by atoms with Gasteiger partial charge in [0.1, 0.15) is 6.61 Å². The van der Waals surface area contributed by atoms with E-state index in [4.69, 9.17) is 4.74 Å². The van der Waals surface area contributed by atoms with Crippen molar-refractivity contribution in [2.24, 2.45) is 0 Å². The van der Waals surface area contributed by atoms with Gasteiger partial charge in [0.05, 0.1) is 0 Å². The smallest absolute Gasteiger partial charge is 0.483 e. The molecular formula is C17H17LiO2. The largest absolute Gasteiger partial charge is 1.00 e. The molecule has 0 atom stereocenters. The number of carbonyl (C=O) groups is 1. The van der Waals surface area contributed by atoms with Crippen LogP contribution in [0.3, 0.4) is 0 Å². The maximum absolute atomic E-state index is 11.3. The Morgan fingerprint density at radius 3 is 2.05 bits per heavy atom. The average molecular weight is 260 g/mol. The third-order valence-corrected chi connectivity index (χ3v) is 2.84. The van der Waals surface area contributed by atoms with E-state index in [1.807, 2.05) is 42.5 Å². The summed E-state index contributed by atoms with van der Waals surface area (Å²) in [6.07, 6.45) is 0. The Morgan fingerprint density at radius 1 is 0.950 bits per heavy atom. The number of ether oxygens (including phenoxy) is 1. The molecule has 0 spiro atoms. The van der Waals surface area contributed by atoms with Gasteiger partial charge in [-0.15, -0.1) is 0 Å². The first-order valence-electron chi connectivity index (χ1n) is 6.28. The third kappa shape index (κ3) is 4.49. The molecule has 0 bridgehead atoms. The third-order valence-electron chi connectivity index (χ3n) is 2.84. The van der Waals surface area contributed by atoms with Gasteiger partial charge in [-0.2, -0.15) is 13.8 Å². The number of carbonyl (C=O) groups excluding carboxylic acids is 1. The van der Waals surface area contributed by atoms with Crippen LogP contribution in [0, 0.1) is 5.92 Å². The first-order valence-corrected chi connectivity index (χ1v) is 6.28. The summed E-state index contributed by atoms with van der Waals surface area (Å²) < 4.78 is 5.16. The van der Waals surface area contributed by atoms with E-state index in [2.05, 4.69) is 12.1 Å². The second-order valence-electron chi connectivity index (χ2n) is 4.64. The van der Waals surface area contributed by atoms with Gasteiger partial charge in [-0.3, -0.25) is 10.7 Å². The van der Waals surface area contributed by atoms with Crippen molar-refractivity contribution in [3.05, 3.63) is 66.1 Å². The van der Waals surface area contributed by atoms with Crippen LogP contribution in [0.25, 0.3) is 11.1 Å². The van der Waals surface area contributed by atoms with Crippen molar-refractivity contribution < 1.29 is 28.4 Å². The van der Waals surface area contributed by atoms with Gasteiger partial charge >= 0.3 is 18.9 Å². The Bertz CT molecular complexity index is 533. The Labute approximate surface area is 132 Å². The predicted octanol–water partition coefficient (Wildman–Crippen LogP) is 1.02. The van der Waals surface area contributed by atoms with Gasteiger partial charge in [-0.1, -0.05) is 54.6 Å². The summed E-state index contributed by atoms with van der Waals surface area (Å²) in [4.78, 5) is 11.3. The minimum Gasteiger partial charge on any atom is -0.483 e. The summed E-state index contributed by atoms with van der Waals surface area (Å²) in [5.41, 5.74) is 3.34. The monoisotopic (exact) mass is 260 g/mol. The zero-order valence-electron chi connectivity index (χ0n) is 12.2. The molecule has 20 heavy (non-hydrogen) atoms. The van der Waals surface area contributed by atoms with Crippen molar-refractivity contribution >= 4 is 5.97 Å². The minimum atomic E-state index is -0.243. The summed E-state index contributed by atoms with van der Waals surface area (Å²) in [5, 5.41) is 0. The van der Waals surface area contributed by atoms with E-state index in [0.29, 0.717) is 12.5 Å². The Kier molecular flexibility index (Phi) is 6.44. The van der Waals surface area contributed by atoms with E-state index in [0.717, 1.165) is 11.1 Å². The molecule has 0 aromatic heterocycles. The molecule has 3 heteroatoms. The molecule has 0 saturated carbocycles. The van der Waals surface area contributed by atoms with Crippen molar-refractivity contribution in [3.63, 3.8) is 0 Å². The van der Waals surface area contributed by atoms with Crippen LogP contribution in [0.4, 0.5) is 0 Å². The fraction of sp³-hybridized carbons (Fsp3) is 0.176.